The Bertz CT molecular complexity index is 1400. The third-order valence-electron chi connectivity index (χ3n) is 7.03. The maximum atomic E-state index is 12.9. The van der Waals surface area contributed by atoms with Crippen molar-refractivity contribution in [3.8, 4) is 0 Å². The van der Waals surface area contributed by atoms with Crippen molar-refractivity contribution < 1.29 is 4.79 Å². The molecular weight excluding hydrogens is 534 g/mol. The van der Waals surface area contributed by atoms with Gasteiger partial charge in [0.05, 0.1) is 11.1 Å². The van der Waals surface area contributed by atoms with Crippen LogP contribution in [0.15, 0.2) is 59.1 Å². The van der Waals surface area contributed by atoms with E-state index < -0.39 is 0 Å². The Morgan fingerprint density at radius 1 is 0.944 bits per heavy atom. The van der Waals surface area contributed by atoms with E-state index in [0.29, 0.717) is 13.1 Å². The van der Waals surface area contributed by atoms with Crippen LogP contribution in [0.4, 0.5) is 16.3 Å². The average molecular weight is 563 g/mol. The minimum atomic E-state index is -0.0629. The first-order chi connectivity index (χ1) is 17.7. The number of hydrogen-bond donors (Lipinski definition) is 1. The number of aryl methyl sites for hydroxylation is 2. The number of nitrogens with one attached hydrogen (secondary N) is 1. The van der Waals surface area contributed by atoms with Crippen molar-refractivity contribution in [2.75, 3.05) is 36.4 Å². The Balaban J connectivity index is 1.26. The van der Waals surface area contributed by atoms with Crippen molar-refractivity contribution in [2.45, 2.75) is 32.1 Å². The van der Waals surface area contributed by atoms with Gasteiger partial charge in [-0.15, -0.1) is 11.3 Å². The molecule has 2 aromatic heterocycles. The number of hydrogen-bond acceptors (Lipinski definition) is 5. The van der Waals surface area contributed by atoms with Crippen LogP contribution in [0.2, 0.25) is 0 Å². The molecule has 2 aliphatic rings. The topological polar surface area (TPSA) is 61.4 Å². The highest BCUT2D eigenvalue weighted by molar-refractivity contribution is 9.10. The van der Waals surface area contributed by atoms with Gasteiger partial charge in [0.2, 0.25) is 0 Å². The Labute approximate surface area is 223 Å². The van der Waals surface area contributed by atoms with Crippen LogP contribution < -0.4 is 10.2 Å². The van der Waals surface area contributed by atoms with Crippen molar-refractivity contribution in [3.63, 3.8) is 0 Å². The number of nitrogens with zero attached hydrogens (tertiary/aromatic N) is 4. The van der Waals surface area contributed by atoms with Gasteiger partial charge in [-0.25, -0.2) is 14.8 Å². The first-order valence-corrected chi connectivity index (χ1v) is 14.2. The molecule has 1 saturated heterocycles. The lowest BCUT2D eigenvalue weighted by Crippen LogP contribution is -2.50. The smallest absolute Gasteiger partial charge is 0.321 e. The van der Waals surface area contributed by atoms with Gasteiger partial charge in [-0.1, -0.05) is 42.5 Å². The zero-order chi connectivity index (χ0) is 24.5. The summed E-state index contributed by atoms with van der Waals surface area (Å²) in [6.45, 7) is 2.82. The molecule has 0 radical (unpaired) electrons. The van der Waals surface area contributed by atoms with Crippen molar-refractivity contribution in [3.05, 3.63) is 80.9 Å². The van der Waals surface area contributed by atoms with Crippen LogP contribution >= 0.6 is 27.3 Å². The molecule has 184 valence electrons. The third-order valence-corrected chi connectivity index (χ3v) is 8.91. The zero-order valence-electron chi connectivity index (χ0n) is 20.0. The van der Waals surface area contributed by atoms with Crippen LogP contribution in [0.3, 0.4) is 0 Å². The number of anilines is 2. The van der Waals surface area contributed by atoms with E-state index in [4.69, 9.17) is 9.97 Å². The highest BCUT2D eigenvalue weighted by atomic mass is 79.9. The van der Waals surface area contributed by atoms with Crippen molar-refractivity contribution >= 4 is 55.0 Å². The highest BCUT2D eigenvalue weighted by Crippen LogP contribution is 2.40. The fourth-order valence-corrected chi connectivity index (χ4v) is 6.80. The average Bonchev–Trinajstić information content (AvgIpc) is 3.29. The summed E-state index contributed by atoms with van der Waals surface area (Å²) in [4.78, 5) is 30.0. The predicted octanol–water partition coefficient (Wildman–Crippen LogP) is 6.28. The summed E-state index contributed by atoms with van der Waals surface area (Å²) in [6, 6.07) is 18.1. The Kier molecular flexibility index (Phi) is 6.63. The van der Waals surface area contributed by atoms with Crippen LogP contribution in [0.25, 0.3) is 10.2 Å². The van der Waals surface area contributed by atoms with E-state index in [9.17, 15) is 4.79 Å². The fraction of sp³-hybridized carbons (Fsp3) is 0.321. The second-order valence-electron chi connectivity index (χ2n) is 9.40. The molecule has 0 atom stereocenters. The number of carbonyl (C=O) groups excluding carboxylic acids is 1. The summed E-state index contributed by atoms with van der Waals surface area (Å²) in [6.07, 6.45) is 5.46. The molecular formula is C28H28BrN5OS. The van der Waals surface area contributed by atoms with E-state index in [-0.39, 0.29) is 6.03 Å². The summed E-state index contributed by atoms with van der Waals surface area (Å²) in [5.74, 6) is 1.92. The summed E-state index contributed by atoms with van der Waals surface area (Å²) in [5, 5.41) is 4.28. The second-order valence-corrected chi connectivity index (χ2v) is 11.3. The number of benzene rings is 2. The number of aromatic nitrogens is 2. The van der Waals surface area contributed by atoms with Crippen LogP contribution in [0, 0.1) is 0 Å². The van der Waals surface area contributed by atoms with E-state index >= 15 is 0 Å². The van der Waals surface area contributed by atoms with E-state index in [1.165, 1.54) is 34.2 Å². The Morgan fingerprint density at radius 2 is 1.69 bits per heavy atom. The molecule has 1 fully saturated rings. The van der Waals surface area contributed by atoms with Crippen LogP contribution in [0.1, 0.15) is 34.7 Å². The van der Waals surface area contributed by atoms with E-state index in [0.717, 1.165) is 59.0 Å². The molecule has 1 N–H and O–H groups in total. The Hall–Kier alpha value is -2.97. The molecule has 3 heterocycles. The zero-order valence-corrected chi connectivity index (χ0v) is 22.4. The lowest BCUT2D eigenvalue weighted by Gasteiger charge is -2.36. The predicted molar refractivity (Wildman–Crippen MR) is 150 cm³/mol. The molecule has 2 amide bonds. The van der Waals surface area contributed by atoms with Crippen molar-refractivity contribution in [1.29, 1.82) is 0 Å². The first-order valence-electron chi connectivity index (χ1n) is 12.6. The molecule has 0 spiro atoms. The number of halogens is 1. The number of rotatable bonds is 4. The number of thiophene rings is 1. The molecule has 6 rings (SSSR count). The van der Waals surface area contributed by atoms with Crippen molar-refractivity contribution in [1.82, 2.24) is 14.9 Å². The van der Waals surface area contributed by atoms with Gasteiger partial charge in [-0.3, -0.25) is 0 Å². The Morgan fingerprint density at radius 3 is 2.50 bits per heavy atom. The molecule has 1 aliphatic carbocycles. The van der Waals surface area contributed by atoms with E-state index in [2.05, 4.69) is 50.4 Å². The van der Waals surface area contributed by atoms with E-state index in [1.807, 2.05) is 46.6 Å². The fourth-order valence-electron chi connectivity index (χ4n) is 5.15. The summed E-state index contributed by atoms with van der Waals surface area (Å²) in [7, 11) is 0. The summed E-state index contributed by atoms with van der Waals surface area (Å²) < 4.78 is 0.883. The van der Waals surface area contributed by atoms with Gasteiger partial charge in [0.25, 0.3) is 0 Å². The molecule has 2 aromatic carbocycles. The quantitative estimate of drug-likeness (QED) is 0.318. The number of urea groups is 1. The molecule has 0 saturated carbocycles. The second kappa shape index (κ2) is 10.2. The largest absolute Gasteiger partial charge is 0.352 e. The minimum Gasteiger partial charge on any atom is -0.352 e. The normalized spacial score (nSPS) is 15.7. The van der Waals surface area contributed by atoms with Gasteiger partial charge in [0.1, 0.15) is 16.5 Å². The third kappa shape index (κ3) is 4.72. The van der Waals surface area contributed by atoms with Gasteiger partial charge < -0.3 is 15.1 Å². The van der Waals surface area contributed by atoms with Gasteiger partial charge in [-0.2, -0.15) is 0 Å². The monoisotopic (exact) mass is 561 g/mol. The molecule has 6 nitrogen and oxygen atoms in total. The number of para-hydroxylation sites is 1. The summed E-state index contributed by atoms with van der Waals surface area (Å²) in [5.41, 5.74) is 3.46. The molecule has 0 unspecified atom stereocenters. The number of fused-ring (bicyclic) bond motifs is 3. The standard InChI is InChI=1S/C28H28BrN5OS/c29-21-11-5-6-12-22(21)30-28(35)34-16-14-33(15-17-34)26-25-20-10-4-7-13-23(20)36-27(25)32-24(31-26)18-19-8-2-1-3-9-19/h1-3,5-6,8-9,11-12H,4,7,10,13-18H2,(H,30,35). The van der Waals surface area contributed by atoms with Crippen LogP contribution in [-0.4, -0.2) is 47.1 Å². The maximum Gasteiger partial charge on any atom is 0.321 e. The maximum absolute atomic E-state index is 12.9. The van der Waals surface area contributed by atoms with Crippen molar-refractivity contribution in [2.24, 2.45) is 0 Å². The highest BCUT2D eigenvalue weighted by Gasteiger charge is 2.27. The SMILES string of the molecule is O=C(Nc1ccccc1Br)N1CCN(c2nc(Cc3ccccc3)nc3sc4c(c23)CCCC4)CC1. The number of carbonyl (C=O) groups is 1. The lowest BCUT2D eigenvalue weighted by molar-refractivity contribution is 0.208. The molecule has 4 aromatic rings. The van der Waals surface area contributed by atoms with Gasteiger partial charge in [0.15, 0.2) is 0 Å². The van der Waals surface area contributed by atoms with Gasteiger partial charge in [0, 0.05) is 41.9 Å². The van der Waals surface area contributed by atoms with Gasteiger partial charge in [-0.05, 0) is 64.9 Å². The lowest BCUT2D eigenvalue weighted by atomic mass is 9.96. The molecule has 8 heteroatoms. The van der Waals surface area contributed by atoms with E-state index in [1.54, 1.807) is 0 Å². The minimum absolute atomic E-state index is 0.0629. The van der Waals surface area contributed by atoms with Gasteiger partial charge >= 0.3 is 6.03 Å². The number of amides is 2. The first kappa shape index (κ1) is 23.4. The van der Waals surface area contributed by atoms with Crippen LogP contribution in [0.5, 0.6) is 0 Å². The molecule has 0 bridgehead atoms. The van der Waals surface area contributed by atoms with Crippen LogP contribution in [-0.2, 0) is 19.3 Å². The molecule has 36 heavy (non-hydrogen) atoms. The summed E-state index contributed by atoms with van der Waals surface area (Å²) >= 11 is 5.37. The number of piperazine rings is 1. The molecule has 1 aliphatic heterocycles.